The first-order valence-corrected chi connectivity index (χ1v) is 6.85. The molecule has 0 fully saturated rings. The Hall–Kier alpha value is -0.880. The maximum atomic E-state index is 6.13. The molecule has 18 heavy (non-hydrogen) atoms. The van der Waals surface area contributed by atoms with Gasteiger partial charge in [0.25, 0.3) is 0 Å². The van der Waals surface area contributed by atoms with Gasteiger partial charge in [0.15, 0.2) is 11.5 Å². The number of aryl methyl sites for hydroxylation is 1. The second kappa shape index (κ2) is 4.35. The van der Waals surface area contributed by atoms with Crippen LogP contribution in [0.4, 0.5) is 0 Å². The minimum atomic E-state index is 0.383. The molecule has 8 heteroatoms. The number of aromatic nitrogens is 4. The summed E-state index contributed by atoms with van der Waals surface area (Å²) in [4.78, 5) is 4.17. The van der Waals surface area contributed by atoms with Crippen LogP contribution >= 0.6 is 46.1 Å². The number of thiophene rings is 1. The number of rotatable bonds is 1. The summed E-state index contributed by atoms with van der Waals surface area (Å²) in [7, 11) is 0. The molecule has 0 spiro atoms. The van der Waals surface area contributed by atoms with Gasteiger partial charge in [-0.25, -0.2) is 4.98 Å². The highest BCUT2D eigenvalue weighted by Crippen LogP contribution is 2.37. The number of hydrogen-bond acceptors (Lipinski definition) is 4. The highest BCUT2D eigenvalue weighted by molar-refractivity contribution is 7.20. The van der Waals surface area contributed by atoms with Crippen LogP contribution in [0.15, 0.2) is 12.1 Å². The van der Waals surface area contributed by atoms with E-state index in [9.17, 15) is 0 Å². The summed E-state index contributed by atoms with van der Waals surface area (Å²) in [5.41, 5.74) is 1.37. The van der Waals surface area contributed by atoms with Crippen molar-refractivity contribution in [2.75, 3.05) is 0 Å². The zero-order valence-corrected chi connectivity index (χ0v) is 12.1. The van der Waals surface area contributed by atoms with Gasteiger partial charge in [-0.3, -0.25) is 4.40 Å². The first kappa shape index (κ1) is 12.2. The Morgan fingerprint density at radius 3 is 2.61 bits per heavy atom. The number of hydrogen-bond donors (Lipinski definition) is 0. The molecule has 3 aromatic heterocycles. The summed E-state index contributed by atoms with van der Waals surface area (Å²) in [6.07, 6.45) is 0. The van der Waals surface area contributed by atoms with Gasteiger partial charge in [-0.1, -0.05) is 34.8 Å². The molecule has 0 atom stereocenters. The molecule has 0 bridgehead atoms. The van der Waals surface area contributed by atoms with Gasteiger partial charge >= 0.3 is 0 Å². The van der Waals surface area contributed by atoms with Crippen molar-refractivity contribution in [3.8, 4) is 11.4 Å². The van der Waals surface area contributed by atoms with Crippen LogP contribution < -0.4 is 0 Å². The Kier molecular flexibility index (Phi) is 2.94. The quantitative estimate of drug-likeness (QED) is 0.634. The standard InChI is InChI=1S/C10H5Cl3N4S/c1-4-14-6(11)3-8-15-16-10(17(4)8)5-2-7(12)18-9(5)13/h2-3H,1H3. The van der Waals surface area contributed by atoms with E-state index < -0.39 is 0 Å². The number of nitrogens with zero attached hydrogens (tertiary/aromatic N) is 4. The highest BCUT2D eigenvalue weighted by atomic mass is 35.5. The summed E-state index contributed by atoms with van der Waals surface area (Å²) in [5, 5.41) is 8.56. The molecule has 4 nitrogen and oxygen atoms in total. The summed E-state index contributed by atoms with van der Waals surface area (Å²) in [6, 6.07) is 3.41. The van der Waals surface area contributed by atoms with Crippen molar-refractivity contribution in [3.05, 3.63) is 31.8 Å². The minimum Gasteiger partial charge on any atom is -0.263 e. The molecular weight excluding hydrogens is 315 g/mol. The van der Waals surface area contributed by atoms with Crippen LogP contribution in [0.1, 0.15) is 5.82 Å². The van der Waals surface area contributed by atoms with Crippen molar-refractivity contribution in [1.82, 2.24) is 19.6 Å². The van der Waals surface area contributed by atoms with Crippen LogP contribution in [0.3, 0.4) is 0 Å². The van der Waals surface area contributed by atoms with Crippen molar-refractivity contribution < 1.29 is 0 Å². The maximum Gasteiger partial charge on any atom is 0.172 e. The fraction of sp³-hybridized carbons (Fsp3) is 0.100. The first-order chi connectivity index (χ1) is 8.56. The van der Waals surface area contributed by atoms with Crippen LogP contribution in [0.5, 0.6) is 0 Å². The SMILES string of the molecule is Cc1nc(Cl)cc2nnc(-c3cc(Cl)sc3Cl)n12. The van der Waals surface area contributed by atoms with Gasteiger partial charge in [-0.2, -0.15) is 0 Å². The van der Waals surface area contributed by atoms with E-state index in [0.717, 1.165) is 5.56 Å². The van der Waals surface area contributed by atoms with Crippen molar-refractivity contribution in [2.24, 2.45) is 0 Å². The lowest BCUT2D eigenvalue weighted by molar-refractivity contribution is 0.989. The fourth-order valence-corrected chi connectivity index (χ4v) is 3.39. The molecule has 0 aliphatic carbocycles. The number of fused-ring (bicyclic) bond motifs is 1. The average Bonchev–Trinajstić information content (AvgIpc) is 2.81. The van der Waals surface area contributed by atoms with Crippen molar-refractivity contribution >= 4 is 51.8 Å². The Morgan fingerprint density at radius 1 is 1.17 bits per heavy atom. The third-order valence-corrected chi connectivity index (χ3v) is 4.11. The normalized spacial score (nSPS) is 11.3. The van der Waals surface area contributed by atoms with E-state index in [2.05, 4.69) is 15.2 Å². The predicted molar refractivity (Wildman–Crippen MR) is 73.9 cm³/mol. The summed E-state index contributed by atoms with van der Waals surface area (Å²) >= 11 is 19.2. The second-order valence-corrected chi connectivity index (χ2v) is 6.25. The second-order valence-electron chi connectivity index (χ2n) is 3.58. The molecular formula is C10H5Cl3N4S. The van der Waals surface area contributed by atoms with E-state index in [0.29, 0.717) is 31.1 Å². The lowest BCUT2D eigenvalue weighted by atomic mass is 10.3. The fourth-order valence-electron chi connectivity index (χ4n) is 1.72. The molecule has 92 valence electrons. The van der Waals surface area contributed by atoms with Crippen molar-refractivity contribution in [1.29, 1.82) is 0 Å². The average molecular weight is 320 g/mol. The predicted octanol–water partition coefficient (Wildman–Crippen LogP) is 4.12. The maximum absolute atomic E-state index is 6.13. The molecule has 0 aromatic carbocycles. The highest BCUT2D eigenvalue weighted by Gasteiger charge is 2.16. The minimum absolute atomic E-state index is 0.383. The lowest BCUT2D eigenvalue weighted by Crippen LogP contribution is -1.97. The Balaban J connectivity index is 2.34. The molecule has 0 saturated heterocycles. The molecule has 0 aliphatic heterocycles. The zero-order valence-electron chi connectivity index (χ0n) is 8.99. The molecule has 0 saturated carbocycles. The smallest absolute Gasteiger partial charge is 0.172 e. The van der Waals surface area contributed by atoms with Crippen LogP contribution in [0, 0.1) is 6.92 Å². The van der Waals surface area contributed by atoms with E-state index in [1.807, 2.05) is 6.92 Å². The number of halogens is 3. The largest absolute Gasteiger partial charge is 0.263 e. The monoisotopic (exact) mass is 318 g/mol. The van der Waals surface area contributed by atoms with E-state index in [-0.39, 0.29) is 0 Å². The third kappa shape index (κ3) is 1.87. The van der Waals surface area contributed by atoms with E-state index >= 15 is 0 Å². The molecule has 0 unspecified atom stereocenters. The Labute approximate surface area is 121 Å². The van der Waals surface area contributed by atoms with Crippen LogP contribution in [-0.4, -0.2) is 19.6 Å². The molecule has 0 N–H and O–H groups in total. The van der Waals surface area contributed by atoms with Gasteiger partial charge in [0, 0.05) is 6.07 Å². The van der Waals surface area contributed by atoms with Crippen molar-refractivity contribution in [3.63, 3.8) is 0 Å². The van der Waals surface area contributed by atoms with E-state index in [4.69, 9.17) is 34.8 Å². The van der Waals surface area contributed by atoms with Crippen molar-refractivity contribution in [2.45, 2.75) is 6.92 Å². The van der Waals surface area contributed by atoms with E-state index in [1.165, 1.54) is 11.3 Å². The molecule has 0 aliphatic rings. The van der Waals surface area contributed by atoms with Gasteiger partial charge in [0.2, 0.25) is 0 Å². The topological polar surface area (TPSA) is 43.1 Å². The summed E-state index contributed by atoms with van der Waals surface area (Å²) in [6.45, 7) is 1.83. The van der Waals surface area contributed by atoms with Crippen LogP contribution in [-0.2, 0) is 0 Å². The first-order valence-electron chi connectivity index (χ1n) is 4.90. The molecule has 0 radical (unpaired) electrons. The zero-order chi connectivity index (χ0) is 12.9. The van der Waals surface area contributed by atoms with Gasteiger partial charge in [0.05, 0.1) is 9.90 Å². The molecule has 0 amide bonds. The van der Waals surface area contributed by atoms with Gasteiger partial charge in [-0.05, 0) is 13.0 Å². The lowest BCUT2D eigenvalue weighted by Gasteiger charge is -2.02. The summed E-state index contributed by atoms with van der Waals surface area (Å²) < 4.78 is 2.96. The molecule has 3 aromatic rings. The van der Waals surface area contributed by atoms with Gasteiger partial charge in [0.1, 0.15) is 15.3 Å². The Morgan fingerprint density at radius 2 is 1.94 bits per heavy atom. The molecule has 3 heterocycles. The van der Waals surface area contributed by atoms with Gasteiger partial charge in [-0.15, -0.1) is 21.5 Å². The van der Waals surface area contributed by atoms with E-state index in [1.54, 1.807) is 16.5 Å². The summed E-state index contributed by atoms with van der Waals surface area (Å²) in [5.74, 6) is 1.30. The Bertz CT molecular complexity index is 749. The van der Waals surface area contributed by atoms with Crippen LogP contribution in [0.25, 0.3) is 17.0 Å². The van der Waals surface area contributed by atoms with Crippen LogP contribution in [0.2, 0.25) is 13.8 Å². The van der Waals surface area contributed by atoms with Gasteiger partial charge < -0.3 is 0 Å². The third-order valence-electron chi connectivity index (χ3n) is 2.43. The molecule has 3 rings (SSSR count).